The van der Waals surface area contributed by atoms with Gasteiger partial charge in [-0.05, 0) is 24.6 Å². The maximum atomic E-state index is 12.4. The molecule has 22 nitrogen and oxygen atoms in total. The van der Waals surface area contributed by atoms with Crippen molar-refractivity contribution in [1.29, 1.82) is 0 Å². The first-order valence-corrected chi connectivity index (χ1v) is 16.5. The molecule has 0 bridgehead atoms. The zero-order valence-electron chi connectivity index (χ0n) is 28.2. The number of carbonyl (C=O) groups is 1. The molecular weight excluding hydrogens is 706 g/mol. The summed E-state index contributed by atoms with van der Waals surface area (Å²) in [5, 5.41) is 82.2. The Labute approximate surface area is 300 Å². The summed E-state index contributed by atoms with van der Waals surface area (Å²) in [4.78, 5) is 24.7. The number of benzene rings is 1. The van der Waals surface area contributed by atoms with E-state index in [9.17, 15) is 40.5 Å². The van der Waals surface area contributed by atoms with Crippen LogP contribution in [0.2, 0.25) is 0 Å². The van der Waals surface area contributed by atoms with Crippen molar-refractivity contribution in [3.05, 3.63) is 54.4 Å². The van der Waals surface area contributed by atoms with Crippen LogP contribution in [0.1, 0.15) is 18.2 Å². The van der Waals surface area contributed by atoms with Gasteiger partial charge in [-0.3, -0.25) is 0 Å². The molecule has 0 unspecified atom stereocenters. The number of fused-ring (bicyclic) bond motifs is 1. The third-order valence-electron chi connectivity index (χ3n) is 8.67. The molecule has 2 aliphatic heterocycles. The van der Waals surface area contributed by atoms with Gasteiger partial charge in [-0.15, -0.1) is 5.10 Å². The number of ether oxygens (including phenoxy) is 5. The highest BCUT2D eigenvalue weighted by atomic mass is 16.7. The van der Waals surface area contributed by atoms with Crippen molar-refractivity contribution in [1.82, 2.24) is 39.8 Å². The van der Waals surface area contributed by atoms with E-state index in [1.165, 1.54) is 6.33 Å². The smallest absolute Gasteiger partial charge is 0.407 e. The molecule has 6 rings (SSSR count). The highest BCUT2D eigenvalue weighted by Gasteiger charge is 2.51. The maximum Gasteiger partial charge on any atom is 0.407 e. The lowest BCUT2D eigenvalue weighted by Crippen LogP contribution is -2.65. The average molecular weight is 748 g/mol. The van der Waals surface area contributed by atoms with E-state index in [0.717, 1.165) is 5.56 Å². The van der Waals surface area contributed by atoms with Crippen molar-refractivity contribution < 1.29 is 64.2 Å². The summed E-state index contributed by atoms with van der Waals surface area (Å²) in [6.45, 7) is 0.998. The number of rotatable bonds is 13. The fraction of sp³-hybridized carbons (Fsp3) is 0.548. The lowest BCUT2D eigenvalue weighted by Gasteiger charge is -2.45. The van der Waals surface area contributed by atoms with Gasteiger partial charge in [0.25, 0.3) is 0 Å². The normalized spacial score (nSPS) is 29.5. The van der Waals surface area contributed by atoms with Gasteiger partial charge in [0.15, 0.2) is 17.8 Å². The summed E-state index contributed by atoms with van der Waals surface area (Å²) in [7, 11) is 0. The molecule has 3 aromatic heterocycles. The summed E-state index contributed by atoms with van der Waals surface area (Å²) in [6, 6.07) is 6.62. The Morgan fingerprint density at radius 3 is 2.40 bits per heavy atom. The number of carbonyl (C=O) groups excluding carboxylic acids is 1. The van der Waals surface area contributed by atoms with E-state index in [1.807, 2.05) is 0 Å². The first-order chi connectivity index (χ1) is 25.4. The highest BCUT2D eigenvalue weighted by molar-refractivity contribution is 5.81. The number of anilines is 1. The van der Waals surface area contributed by atoms with Crippen molar-refractivity contribution in [3.8, 4) is 5.75 Å². The molecule has 2 fully saturated rings. The fourth-order valence-corrected chi connectivity index (χ4v) is 5.88. The molecule has 10 N–H and O–H groups in total. The minimum Gasteiger partial charge on any atom is -0.462 e. The van der Waals surface area contributed by atoms with Crippen LogP contribution in [0.3, 0.4) is 0 Å². The van der Waals surface area contributed by atoms with Crippen molar-refractivity contribution in [2.75, 3.05) is 18.9 Å². The molecule has 1 amide bonds. The molecule has 0 radical (unpaired) electrons. The number of hydrogen-bond donors (Lipinski definition) is 9. The van der Waals surface area contributed by atoms with Crippen molar-refractivity contribution >= 4 is 23.1 Å². The molecule has 53 heavy (non-hydrogen) atoms. The standard InChI is InChI=1S/C31H41N9O13/c1-14(7-39-13-36-20-27(32)34-12-35-28(20)39)49-31(48)33-6-16-9-40(38-37-16)8-15-2-4-17(5-3-15)50-29-25(47)23(45)26(19(11-42)52-29)53-30-24(46)22(44)21(43)18(10-41)51-30/h2-5,9,12-14,18-19,21-26,29-30,41-47H,6-8,10-11H2,1H3,(H,33,48)(H2,32,34,35)/t14-,18-,19-,21+,22+,23-,24+,25+,26+,29-,30+/m1/s1. The van der Waals surface area contributed by atoms with Crippen molar-refractivity contribution in [2.45, 2.75) is 94.1 Å². The second-order valence-electron chi connectivity index (χ2n) is 12.6. The Balaban J connectivity index is 0.965. The number of aliphatic hydroxyl groups excluding tert-OH is 7. The van der Waals surface area contributed by atoms with E-state index in [4.69, 9.17) is 29.4 Å². The van der Waals surface area contributed by atoms with Gasteiger partial charge in [0, 0.05) is 0 Å². The zero-order valence-corrected chi connectivity index (χ0v) is 28.2. The number of imidazole rings is 1. The molecule has 22 heteroatoms. The predicted octanol–water partition coefficient (Wildman–Crippen LogP) is -3.63. The summed E-state index contributed by atoms with van der Waals surface area (Å²) < 4.78 is 31.0. The van der Waals surface area contributed by atoms with Crippen LogP contribution in [0.15, 0.2) is 43.1 Å². The van der Waals surface area contributed by atoms with Crippen LogP contribution in [0.5, 0.6) is 5.75 Å². The molecule has 5 heterocycles. The van der Waals surface area contributed by atoms with Crippen molar-refractivity contribution in [2.24, 2.45) is 0 Å². The highest BCUT2D eigenvalue weighted by Crippen LogP contribution is 2.30. The lowest BCUT2D eigenvalue weighted by molar-refractivity contribution is -0.352. The first kappa shape index (κ1) is 38.1. The van der Waals surface area contributed by atoms with Crippen LogP contribution in [0.4, 0.5) is 10.6 Å². The quantitative estimate of drug-likeness (QED) is 0.0637. The minimum atomic E-state index is -1.78. The number of aliphatic hydroxyl groups is 7. The summed E-state index contributed by atoms with van der Waals surface area (Å²) in [6.07, 6.45) is -12.3. The first-order valence-electron chi connectivity index (χ1n) is 16.5. The van der Waals surface area contributed by atoms with Crippen LogP contribution in [0, 0.1) is 0 Å². The van der Waals surface area contributed by atoms with Gasteiger partial charge >= 0.3 is 6.09 Å². The van der Waals surface area contributed by atoms with Crippen LogP contribution in [-0.2, 0) is 38.6 Å². The lowest BCUT2D eigenvalue weighted by atomic mass is 9.97. The minimum absolute atomic E-state index is 0.0644. The Bertz CT molecular complexity index is 1810. The summed E-state index contributed by atoms with van der Waals surface area (Å²) in [5.74, 6) is 0.511. The molecule has 4 aromatic rings. The fourth-order valence-electron chi connectivity index (χ4n) is 5.88. The number of nitrogen functional groups attached to an aromatic ring is 1. The summed E-state index contributed by atoms with van der Waals surface area (Å²) in [5.41, 5.74) is 8.09. The molecule has 0 saturated carbocycles. The second kappa shape index (κ2) is 16.6. The van der Waals surface area contributed by atoms with Gasteiger partial charge in [0.05, 0.1) is 45.4 Å². The van der Waals surface area contributed by atoms with E-state index < -0.39 is 86.8 Å². The number of alkyl carbamates (subject to hydrolysis) is 1. The number of aromatic nitrogens is 7. The van der Waals surface area contributed by atoms with E-state index >= 15 is 0 Å². The Morgan fingerprint density at radius 2 is 1.66 bits per heavy atom. The van der Waals surface area contributed by atoms with E-state index in [0.29, 0.717) is 29.9 Å². The van der Waals surface area contributed by atoms with E-state index in [-0.39, 0.29) is 18.1 Å². The van der Waals surface area contributed by atoms with Gasteiger partial charge in [0.2, 0.25) is 6.29 Å². The number of nitrogens with one attached hydrogen (secondary N) is 1. The molecule has 11 atom stereocenters. The third-order valence-corrected chi connectivity index (χ3v) is 8.67. The van der Waals surface area contributed by atoms with E-state index in [2.05, 4.69) is 30.6 Å². The van der Waals surface area contributed by atoms with Gasteiger partial charge in [-0.1, -0.05) is 17.3 Å². The third kappa shape index (κ3) is 8.62. The largest absolute Gasteiger partial charge is 0.462 e. The van der Waals surface area contributed by atoms with Gasteiger partial charge in [0.1, 0.15) is 78.2 Å². The van der Waals surface area contributed by atoms with Gasteiger partial charge < -0.3 is 75.0 Å². The number of nitrogens with zero attached hydrogens (tertiary/aromatic N) is 7. The second-order valence-corrected chi connectivity index (χ2v) is 12.6. The molecule has 0 aliphatic carbocycles. The topological polar surface area (TPSA) is 317 Å². The molecule has 2 aliphatic rings. The predicted molar refractivity (Wildman–Crippen MR) is 175 cm³/mol. The zero-order chi connectivity index (χ0) is 37.8. The van der Waals surface area contributed by atoms with Crippen LogP contribution >= 0.6 is 0 Å². The van der Waals surface area contributed by atoms with Gasteiger partial charge in [-0.25, -0.2) is 24.4 Å². The Kier molecular flexibility index (Phi) is 11.9. The van der Waals surface area contributed by atoms with Crippen LogP contribution in [0.25, 0.3) is 11.2 Å². The average Bonchev–Trinajstić information content (AvgIpc) is 3.78. The molecule has 0 spiro atoms. The maximum absolute atomic E-state index is 12.4. The molecule has 1 aromatic carbocycles. The SMILES string of the molecule is C[C@H](Cn1cnc2c(N)ncnc21)OC(=O)NCc1cn(Cc2ccc(O[C@@H]3O[C@H](CO)[C@H](O[C@@H]4O[C@H](CO)[C@H](O)[C@H](O)[C@@H]4O)[C@H](O)[C@@H]3O)cc2)nn1. The van der Waals surface area contributed by atoms with Crippen LogP contribution in [-0.4, -0.2) is 157 Å². The Hall–Kier alpha value is -4.62. The summed E-state index contributed by atoms with van der Waals surface area (Å²) >= 11 is 0. The number of amides is 1. The molecule has 288 valence electrons. The number of nitrogens with two attached hydrogens (primary N) is 1. The molecule has 2 saturated heterocycles. The van der Waals surface area contributed by atoms with Crippen molar-refractivity contribution in [3.63, 3.8) is 0 Å². The van der Waals surface area contributed by atoms with Crippen LogP contribution < -0.4 is 15.8 Å². The monoisotopic (exact) mass is 747 g/mol. The Morgan fingerprint density at radius 1 is 0.943 bits per heavy atom. The number of hydrogen-bond acceptors (Lipinski definition) is 19. The molecular formula is C31H41N9O13. The van der Waals surface area contributed by atoms with Gasteiger partial charge in [-0.2, -0.15) is 0 Å². The van der Waals surface area contributed by atoms with E-state index in [1.54, 1.807) is 53.0 Å².